The number of primary amides is 1. The van der Waals surface area contributed by atoms with Crippen molar-refractivity contribution >= 4 is 34.5 Å². The molecule has 8 nitrogen and oxygen atoms in total. The summed E-state index contributed by atoms with van der Waals surface area (Å²) in [7, 11) is 0. The lowest BCUT2D eigenvalue weighted by Crippen LogP contribution is -2.38. The number of hydrogen-bond donors (Lipinski definition) is 1. The van der Waals surface area contributed by atoms with E-state index in [2.05, 4.69) is 23.3 Å². The molecular formula is C31H33FN6O2S. The minimum Gasteiger partial charge on any atom is -0.371 e. The van der Waals surface area contributed by atoms with Crippen LogP contribution in [-0.2, 0) is 11.2 Å². The van der Waals surface area contributed by atoms with E-state index in [0.29, 0.717) is 48.0 Å². The molecule has 1 saturated carbocycles. The van der Waals surface area contributed by atoms with Gasteiger partial charge in [0, 0.05) is 59.9 Å². The number of carbonyl (C=O) groups is 2. The Kier molecular flexibility index (Phi) is 6.15. The third-order valence-electron chi connectivity index (χ3n) is 8.96. The van der Waals surface area contributed by atoms with E-state index in [4.69, 9.17) is 15.8 Å². The zero-order valence-corrected chi connectivity index (χ0v) is 24.1. The highest BCUT2D eigenvalue weighted by molar-refractivity contribution is 7.10. The molecule has 0 bridgehead atoms. The maximum Gasteiger partial charge on any atom is 0.273 e. The lowest BCUT2D eigenvalue weighted by atomic mass is 9.86. The smallest absolute Gasteiger partial charge is 0.273 e. The maximum atomic E-state index is 15.5. The number of benzene rings is 1. The summed E-state index contributed by atoms with van der Waals surface area (Å²) < 4.78 is 17.3. The number of thiophene rings is 1. The third kappa shape index (κ3) is 4.67. The van der Waals surface area contributed by atoms with Crippen LogP contribution in [0.1, 0.15) is 78.1 Å². The molecule has 212 valence electrons. The summed E-state index contributed by atoms with van der Waals surface area (Å²) in [5.41, 5.74) is 10.0. The van der Waals surface area contributed by atoms with Gasteiger partial charge in [0.15, 0.2) is 5.65 Å². The molecule has 5 heterocycles. The van der Waals surface area contributed by atoms with E-state index in [9.17, 15) is 9.59 Å². The fourth-order valence-electron chi connectivity index (χ4n) is 6.56. The number of aromatic nitrogens is 3. The Hall–Kier alpha value is -3.79. The Bertz CT molecular complexity index is 1690. The lowest BCUT2D eigenvalue weighted by molar-refractivity contribution is -0.119. The van der Waals surface area contributed by atoms with Crippen LogP contribution in [-0.4, -0.2) is 50.9 Å². The van der Waals surface area contributed by atoms with Gasteiger partial charge in [-0.1, -0.05) is 6.92 Å². The van der Waals surface area contributed by atoms with E-state index in [1.807, 2.05) is 24.0 Å². The number of fused-ring (bicyclic) bond motifs is 2. The van der Waals surface area contributed by atoms with E-state index in [0.717, 1.165) is 43.6 Å². The molecule has 2 N–H and O–H groups in total. The van der Waals surface area contributed by atoms with Crippen LogP contribution in [0.3, 0.4) is 0 Å². The number of carbonyl (C=O) groups excluding carboxylic acids is 2. The Morgan fingerprint density at radius 3 is 2.76 bits per heavy atom. The number of hydrogen-bond acceptors (Lipinski definition) is 6. The van der Waals surface area contributed by atoms with Gasteiger partial charge in [0.05, 0.1) is 11.7 Å². The number of nitrogens with two attached hydrogens (primary N) is 1. The van der Waals surface area contributed by atoms with E-state index < -0.39 is 0 Å². The number of nitrogens with zero attached hydrogens (tertiary/aromatic N) is 5. The number of anilines is 1. The Balaban J connectivity index is 1.19. The molecule has 2 amide bonds. The van der Waals surface area contributed by atoms with Crippen molar-refractivity contribution in [2.24, 2.45) is 11.1 Å². The molecule has 3 aliphatic rings. The van der Waals surface area contributed by atoms with Gasteiger partial charge in [-0.2, -0.15) is 5.10 Å². The molecule has 0 spiro atoms. The van der Waals surface area contributed by atoms with Gasteiger partial charge >= 0.3 is 0 Å². The molecule has 0 unspecified atom stereocenters. The second kappa shape index (κ2) is 9.65. The average Bonchev–Trinajstić information content (AvgIpc) is 3.31. The first-order chi connectivity index (χ1) is 19.7. The molecule has 2 atom stereocenters. The number of halogens is 1. The monoisotopic (exact) mass is 572 g/mol. The van der Waals surface area contributed by atoms with Crippen LogP contribution >= 0.6 is 11.3 Å². The summed E-state index contributed by atoms with van der Waals surface area (Å²) in [4.78, 5) is 35.3. The van der Waals surface area contributed by atoms with Crippen molar-refractivity contribution in [2.45, 2.75) is 57.9 Å². The molecule has 1 aliphatic carbocycles. The first-order valence-electron chi connectivity index (χ1n) is 14.3. The highest BCUT2D eigenvalue weighted by Gasteiger charge is 2.36. The maximum absolute atomic E-state index is 15.5. The molecule has 3 aromatic heterocycles. The van der Waals surface area contributed by atoms with Crippen molar-refractivity contribution in [1.29, 1.82) is 0 Å². The van der Waals surface area contributed by atoms with E-state index in [1.165, 1.54) is 16.5 Å². The normalized spacial score (nSPS) is 22.4. The minimum absolute atomic E-state index is 0.00254. The van der Waals surface area contributed by atoms with E-state index in [-0.39, 0.29) is 29.1 Å². The van der Waals surface area contributed by atoms with E-state index in [1.54, 1.807) is 28.0 Å². The molecule has 1 aromatic carbocycles. The highest BCUT2D eigenvalue weighted by atomic mass is 32.1. The van der Waals surface area contributed by atoms with Crippen LogP contribution in [0.15, 0.2) is 41.8 Å². The van der Waals surface area contributed by atoms with Crippen LogP contribution in [0.25, 0.3) is 16.9 Å². The molecule has 41 heavy (non-hydrogen) atoms. The van der Waals surface area contributed by atoms with Crippen LogP contribution in [0.5, 0.6) is 0 Å². The van der Waals surface area contributed by atoms with E-state index >= 15 is 4.39 Å². The van der Waals surface area contributed by atoms with Gasteiger partial charge < -0.3 is 15.5 Å². The summed E-state index contributed by atoms with van der Waals surface area (Å²) >= 11 is 1.75. The average molecular weight is 573 g/mol. The van der Waals surface area contributed by atoms with Crippen LogP contribution in [0.4, 0.5) is 10.1 Å². The van der Waals surface area contributed by atoms with Gasteiger partial charge in [0.1, 0.15) is 11.5 Å². The van der Waals surface area contributed by atoms with Gasteiger partial charge in [-0.05, 0) is 79.3 Å². The first kappa shape index (κ1) is 26.1. The molecule has 2 fully saturated rings. The third-order valence-corrected chi connectivity index (χ3v) is 9.96. The van der Waals surface area contributed by atoms with Gasteiger partial charge in [0.2, 0.25) is 5.91 Å². The highest BCUT2D eigenvalue weighted by Crippen LogP contribution is 2.42. The topological polar surface area (TPSA) is 96.8 Å². The quantitative estimate of drug-likeness (QED) is 0.337. The number of rotatable bonds is 6. The Morgan fingerprint density at radius 2 is 2.00 bits per heavy atom. The largest absolute Gasteiger partial charge is 0.371 e. The molecule has 7 rings (SSSR count). The fourth-order valence-corrected chi connectivity index (χ4v) is 7.52. The summed E-state index contributed by atoms with van der Waals surface area (Å²) in [6.45, 7) is 6.18. The molecule has 10 heteroatoms. The molecular weight excluding hydrogens is 539 g/mol. The van der Waals surface area contributed by atoms with Crippen LogP contribution in [0.2, 0.25) is 0 Å². The van der Waals surface area contributed by atoms with Gasteiger partial charge in [0.25, 0.3) is 5.91 Å². The van der Waals surface area contributed by atoms with Crippen LogP contribution < -0.4 is 10.6 Å². The standard InChI is InChI=1S/C31H33FN6O2S/c1-18-21-8-12-41-27(21)7-10-37(18)30(40)25-14-26(19-3-4-19)38-29(34-25)15-24(35-38)22-6-5-20(13-23(22)32)36-11-9-31(2,17-36)16-28(33)39/h5-6,8,12-15,18-19H,3-4,7,9-11,16-17H2,1-2H3,(H2,33,39)/t18-,31-/m1/s1. The SMILES string of the molecule is C[C@@H]1c2ccsc2CCN1C(=O)c1cc(C2CC2)n2nc(-c3ccc(N4CC[C@](C)(CC(N)=O)C4)cc3F)cc2n1. The molecule has 0 radical (unpaired) electrons. The summed E-state index contributed by atoms with van der Waals surface area (Å²) in [5, 5.41) is 6.86. The van der Waals surface area contributed by atoms with Crippen molar-refractivity contribution in [3.05, 3.63) is 69.4 Å². The summed E-state index contributed by atoms with van der Waals surface area (Å²) in [5.74, 6) is -0.439. The second-order valence-electron chi connectivity index (χ2n) is 12.2. The Morgan fingerprint density at radius 1 is 1.17 bits per heavy atom. The van der Waals surface area contributed by atoms with Crippen LogP contribution in [0, 0.1) is 11.2 Å². The Labute approximate surface area is 242 Å². The number of amides is 2. The van der Waals surface area contributed by atoms with Gasteiger partial charge in [-0.25, -0.2) is 13.9 Å². The molecule has 2 aliphatic heterocycles. The zero-order valence-electron chi connectivity index (χ0n) is 23.3. The lowest BCUT2D eigenvalue weighted by Gasteiger charge is -2.33. The van der Waals surface area contributed by atoms with Gasteiger partial charge in [-0.15, -0.1) is 11.3 Å². The minimum atomic E-state index is -0.368. The predicted molar refractivity (Wildman–Crippen MR) is 157 cm³/mol. The molecule has 4 aromatic rings. The van der Waals surface area contributed by atoms with Crippen molar-refractivity contribution in [2.75, 3.05) is 24.5 Å². The second-order valence-corrected chi connectivity index (χ2v) is 13.2. The van der Waals surface area contributed by atoms with Gasteiger partial charge in [-0.3, -0.25) is 9.59 Å². The van der Waals surface area contributed by atoms with Crippen molar-refractivity contribution in [1.82, 2.24) is 19.5 Å². The first-order valence-corrected chi connectivity index (χ1v) is 15.2. The summed E-state index contributed by atoms with van der Waals surface area (Å²) in [6, 6.07) is 11.0. The predicted octanol–water partition coefficient (Wildman–Crippen LogP) is 5.33. The fraction of sp³-hybridized carbons (Fsp3) is 0.419. The van der Waals surface area contributed by atoms with Crippen molar-refractivity contribution in [3.8, 4) is 11.3 Å². The van der Waals surface area contributed by atoms with Crippen molar-refractivity contribution < 1.29 is 14.0 Å². The summed E-state index contributed by atoms with van der Waals surface area (Å²) in [6.07, 6.45) is 4.07. The zero-order chi connectivity index (χ0) is 28.5. The van der Waals surface area contributed by atoms with Crippen molar-refractivity contribution in [3.63, 3.8) is 0 Å². The molecule has 1 saturated heterocycles.